The molecule has 3 atom stereocenters. The van der Waals surface area contributed by atoms with E-state index < -0.39 is 24.2 Å². The SMILES string of the molecule is C[C@@H]1CCc2c(sc(NC(=O)c3cc4n(n3)[C@H](C(F)(F)F)C[C@@H](c3ccco3)N4)c2C#N)C1. The summed E-state index contributed by atoms with van der Waals surface area (Å²) in [6.07, 6.45) is -0.885. The number of furan rings is 1. The molecule has 0 saturated carbocycles. The number of halogens is 3. The molecule has 1 aliphatic heterocycles. The molecule has 0 spiro atoms. The number of thiophene rings is 1. The molecule has 3 aromatic heterocycles. The standard InChI is InChI=1S/C22H20F3N5O2S/c1-11-4-5-12-13(10-26)21(33-17(12)7-11)28-20(31)15-9-19-27-14(16-3-2-6-32-16)8-18(22(23,24)25)30(19)29-15/h2-3,6,9,11,14,18,27H,4-5,7-8H2,1H3,(H,28,31)/t11-,14+,18+/m1/s1. The number of hydrogen-bond donors (Lipinski definition) is 2. The fourth-order valence-electron chi connectivity index (χ4n) is 4.48. The Morgan fingerprint density at radius 2 is 2.27 bits per heavy atom. The first-order valence-corrected chi connectivity index (χ1v) is 11.4. The summed E-state index contributed by atoms with van der Waals surface area (Å²) >= 11 is 1.35. The lowest BCUT2D eigenvalue weighted by Gasteiger charge is -2.32. The minimum atomic E-state index is -4.56. The van der Waals surface area contributed by atoms with Crippen molar-refractivity contribution in [2.24, 2.45) is 5.92 Å². The van der Waals surface area contributed by atoms with E-state index in [0.717, 1.165) is 34.4 Å². The molecule has 0 radical (unpaired) electrons. The van der Waals surface area contributed by atoms with Crippen LogP contribution in [0.1, 0.15) is 64.1 Å². The number of hydrogen-bond acceptors (Lipinski definition) is 6. The van der Waals surface area contributed by atoms with Crippen molar-refractivity contribution in [3.05, 3.63) is 51.9 Å². The van der Waals surface area contributed by atoms with E-state index in [2.05, 4.69) is 28.7 Å². The van der Waals surface area contributed by atoms with Crippen LogP contribution in [-0.4, -0.2) is 21.9 Å². The summed E-state index contributed by atoms with van der Waals surface area (Å²) in [5.74, 6) is 0.297. The molecule has 3 aromatic rings. The van der Waals surface area contributed by atoms with Crippen molar-refractivity contribution in [3.63, 3.8) is 0 Å². The molecule has 33 heavy (non-hydrogen) atoms. The first kappa shape index (κ1) is 21.6. The van der Waals surface area contributed by atoms with Crippen LogP contribution in [0.4, 0.5) is 24.0 Å². The highest BCUT2D eigenvalue weighted by molar-refractivity contribution is 7.16. The summed E-state index contributed by atoms with van der Waals surface area (Å²) in [5, 5.41) is 19.7. The van der Waals surface area contributed by atoms with Crippen LogP contribution in [0.2, 0.25) is 0 Å². The fourth-order valence-corrected chi connectivity index (χ4v) is 5.84. The number of carbonyl (C=O) groups excluding carboxylic acids is 1. The number of anilines is 2. The molecule has 1 amide bonds. The summed E-state index contributed by atoms with van der Waals surface area (Å²) in [6.45, 7) is 2.14. The summed E-state index contributed by atoms with van der Waals surface area (Å²) < 4.78 is 47.5. The van der Waals surface area contributed by atoms with Gasteiger partial charge >= 0.3 is 6.18 Å². The third-order valence-corrected chi connectivity index (χ3v) is 7.33. The van der Waals surface area contributed by atoms with E-state index in [4.69, 9.17) is 4.42 Å². The van der Waals surface area contributed by atoms with Crippen molar-refractivity contribution in [1.82, 2.24) is 9.78 Å². The molecule has 0 unspecified atom stereocenters. The summed E-state index contributed by atoms with van der Waals surface area (Å²) in [5.41, 5.74) is 1.24. The Morgan fingerprint density at radius 3 is 2.97 bits per heavy atom. The normalized spacial score (nSPS) is 22.1. The predicted molar refractivity (Wildman–Crippen MR) is 115 cm³/mol. The second kappa shape index (κ2) is 7.95. The van der Waals surface area contributed by atoms with Crippen molar-refractivity contribution in [2.45, 2.75) is 50.9 Å². The number of nitriles is 1. The van der Waals surface area contributed by atoms with Crippen molar-refractivity contribution in [1.29, 1.82) is 5.26 Å². The largest absolute Gasteiger partial charge is 0.467 e. The summed E-state index contributed by atoms with van der Waals surface area (Å²) in [7, 11) is 0. The van der Waals surface area contributed by atoms with Crippen LogP contribution in [0.3, 0.4) is 0 Å². The molecule has 0 bridgehead atoms. The van der Waals surface area contributed by atoms with Crippen molar-refractivity contribution >= 4 is 28.1 Å². The second-order valence-electron chi connectivity index (χ2n) is 8.49. The van der Waals surface area contributed by atoms with Crippen LogP contribution in [-0.2, 0) is 12.8 Å². The second-order valence-corrected chi connectivity index (χ2v) is 9.59. The van der Waals surface area contributed by atoms with Crippen LogP contribution in [0.15, 0.2) is 28.9 Å². The van der Waals surface area contributed by atoms with Gasteiger partial charge < -0.3 is 15.1 Å². The summed E-state index contributed by atoms with van der Waals surface area (Å²) in [6, 6.07) is 4.07. The number of nitrogens with one attached hydrogen (secondary N) is 2. The minimum absolute atomic E-state index is 0.0786. The maximum Gasteiger partial charge on any atom is 0.410 e. The Balaban J connectivity index is 1.44. The van der Waals surface area contributed by atoms with Gasteiger partial charge in [0.15, 0.2) is 11.7 Å². The number of nitrogens with zero attached hydrogens (tertiary/aromatic N) is 3. The maximum atomic E-state index is 13.8. The van der Waals surface area contributed by atoms with Crippen LogP contribution in [0, 0.1) is 17.2 Å². The summed E-state index contributed by atoms with van der Waals surface area (Å²) in [4.78, 5) is 14.0. The molecular formula is C22H20F3N5O2S. The molecular weight excluding hydrogens is 455 g/mol. The quantitative estimate of drug-likeness (QED) is 0.525. The van der Waals surface area contributed by atoms with Gasteiger partial charge in [-0.25, -0.2) is 4.68 Å². The molecule has 0 fully saturated rings. The first-order valence-electron chi connectivity index (χ1n) is 10.6. The van der Waals surface area contributed by atoms with Gasteiger partial charge in [-0.2, -0.15) is 23.5 Å². The molecule has 0 saturated heterocycles. The van der Waals surface area contributed by atoms with Gasteiger partial charge in [-0.3, -0.25) is 4.79 Å². The van der Waals surface area contributed by atoms with E-state index in [-0.39, 0.29) is 17.9 Å². The van der Waals surface area contributed by atoms with Gasteiger partial charge in [0.05, 0.1) is 17.9 Å². The molecule has 11 heteroatoms. The van der Waals surface area contributed by atoms with E-state index in [1.54, 1.807) is 12.1 Å². The molecule has 5 rings (SSSR count). The molecule has 7 nitrogen and oxygen atoms in total. The average molecular weight is 475 g/mol. The van der Waals surface area contributed by atoms with Crippen molar-refractivity contribution < 1.29 is 22.4 Å². The smallest absolute Gasteiger partial charge is 0.410 e. The van der Waals surface area contributed by atoms with Crippen LogP contribution in [0.5, 0.6) is 0 Å². The van der Waals surface area contributed by atoms with Crippen LogP contribution in [0.25, 0.3) is 0 Å². The van der Waals surface area contributed by atoms with Gasteiger partial charge in [-0.1, -0.05) is 6.92 Å². The lowest BCUT2D eigenvalue weighted by atomic mass is 9.89. The first-order chi connectivity index (χ1) is 15.7. The number of carbonyl (C=O) groups is 1. The average Bonchev–Trinajstić information content (AvgIpc) is 3.49. The number of fused-ring (bicyclic) bond motifs is 2. The molecule has 172 valence electrons. The highest BCUT2D eigenvalue weighted by Gasteiger charge is 2.47. The number of amides is 1. The third kappa shape index (κ3) is 3.88. The van der Waals surface area contributed by atoms with E-state index >= 15 is 0 Å². The van der Waals surface area contributed by atoms with Crippen molar-refractivity contribution in [2.75, 3.05) is 10.6 Å². The number of aromatic nitrogens is 2. The van der Waals surface area contributed by atoms with Gasteiger partial charge in [0.1, 0.15) is 22.6 Å². The third-order valence-electron chi connectivity index (χ3n) is 6.16. The Morgan fingerprint density at radius 1 is 1.45 bits per heavy atom. The van der Waals surface area contributed by atoms with E-state index in [1.807, 2.05) is 0 Å². The monoisotopic (exact) mass is 475 g/mol. The van der Waals surface area contributed by atoms with E-state index in [1.165, 1.54) is 23.7 Å². The Labute approximate surface area is 191 Å². The maximum absolute atomic E-state index is 13.8. The van der Waals surface area contributed by atoms with Crippen molar-refractivity contribution in [3.8, 4) is 6.07 Å². The van der Waals surface area contributed by atoms with Gasteiger partial charge in [-0.05, 0) is 42.9 Å². The Bertz CT molecular complexity index is 1240. The van der Waals surface area contributed by atoms with Gasteiger partial charge in [0, 0.05) is 17.4 Å². The van der Waals surface area contributed by atoms with E-state index in [9.17, 15) is 23.2 Å². The number of rotatable bonds is 3. The molecule has 4 heterocycles. The fraction of sp³-hybridized carbons (Fsp3) is 0.409. The number of alkyl halides is 3. The van der Waals surface area contributed by atoms with Crippen LogP contribution >= 0.6 is 11.3 Å². The van der Waals surface area contributed by atoms with E-state index in [0.29, 0.717) is 22.2 Å². The van der Waals surface area contributed by atoms with Gasteiger partial charge in [0.25, 0.3) is 5.91 Å². The zero-order chi connectivity index (χ0) is 23.3. The highest BCUT2D eigenvalue weighted by atomic mass is 32.1. The lowest BCUT2D eigenvalue weighted by molar-refractivity contribution is -0.174. The molecule has 2 N–H and O–H groups in total. The van der Waals surface area contributed by atoms with Gasteiger partial charge in [0.2, 0.25) is 0 Å². The predicted octanol–water partition coefficient (Wildman–Crippen LogP) is 5.45. The molecule has 0 aromatic carbocycles. The van der Waals surface area contributed by atoms with Crippen LogP contribution < -0.4 is 10.6 Å². The van der Waals surface area contributed by atoms with Gasteiger partial charge in [-0.15, -0.1) is 11.3 Å². The molecule has 2 aliphatic rings. The topological polar surface area (TPSA) is 95.9 Å². The Hall–Kier alpha value is -3.26. The minimum Gasteiger partial charge on any atom is -0.467 e. The lowest BCUT2D eigenvalue weighted by Crippen LogP contribution is -2.35. The zero-order valence-electron chi connectivity index (χ0n) is 17.6. The Kier molecular flexibility index (Phi) is 5.20. The zero-order valence-corrected chi connectivity index (χ0v) is 18.4. The molecule has 1 aliphatic carbocycles. The highest BCUT2D eigenvalue weighted by Crippen LogP contribution is 2.44.